The van der Waals surface area contributed by atoms with Gasteiger partial charge in [-0.3, -0.25) is 4.79 Å². The van der Waals surface area contributed by atoms with E-state index in [2.05, 4.69) is 16.5 Å². The van der Waals surface area contributed by atoms with Crippen molar-refractivity contribution in [3.63, 3.8) is 0 Å². The average molecular weight is 420 g/mol. The van der Waals surface area contributed by atoms with Crippen LogP contribution < -0.4 is 10.1 Å². The summed E-state index contributed by atoms with van der Waals surface area (Å²) in [4.78, 5) is 19.5. The maximum atomic E-state index is 13.1. The molecule has 1 aliphatic carbocycles. The van der Waals surface area contributed by atoms with Gasteiger partial charge in [0.2, 0.25) is 0 Å². The van der Waals surface area contributed by atoms with Crippen molar-refractivity contribution in [2.24, 2.45) is 5.92 Å². The highest BCUT2D eigenvalue weighted by Crippen LogP contribution is 2.49. The summed E-state index contributed by atoms with van der Waals surface area (Å²) in [5.41, 5.74) is 0.514. The number of carbonyl (C=O) groups is 1. The third-order valence-electron chi connectivity index (χ3n) is 5.54. The molecule has 2 aliphatic rings. The third kappa shape index (κ3) is 3.37. The van der Waals surface area contributed by atoms with Crippen molar-refractivity contribution in [2.75, 3.05) is 13.1 Å². The number of hydrogen-bond donors (Lipinski definition) is 1. The number of para-hydroxylation sites is 1. The number of fused-ring (bicyclic) bond motifs is 1. The number of rotatable bonds is 5. The molecule has 2 aromatic carbocycles. The first-order chi connectivity index (χ1) is 14.6. The van der Waals surface area contributed by atoms with Crippen LogP contribution in [-0.4, -0.2) is 34.4 Å². The molecule has 0 radical (unpaired) electrons. The molecule has 5 rings (SSSR count). The van der Waals surface area contributed by atoms with E-state index in [-0.39, 0.29) is 17.3 Å². The van der Waals surface area contributed by atoms with E-state index in [1.807, 2.05) is 24.3 Å². The number of carbonyl (C=O) groups excluding carboxylic acids is 1. The Balaban J connectivity index is 1.34. The second-order valence-electron chi connectivity index (χ2n) is 7.57. The van der Waals surface area contributed by atoms with E-state index in [0.29, 0.717) is 35.5 Å². The van der Waals surface area contributed by atoms with Crippen LogP contribution in [0, 0.1) is 23.2 Å². The van der Waals surface area contributed by atoms with Crippen LogP contribution in [0.1, 0.15) is 16.2 Å². The predicted octanol–water partition coefficient (Wildman–Crippen LogP) is 4.03. The van der Waals surface area contributed by atoms with Crippen molar-refractivity contribution < 1.29 is 13.9 Å². The van der Waals surface area contributed by atoms with Gasteiger partial charge in [0.05, 0.1) is 17.0 Å². The molecule has 6 nitrogen and oxygen atoms in total. The molecule has 150 valence electrons. The second kappa shape index (κ2) is 7.11. The van der Waals surface area contributed by atoms with Gasteiger partial charge in [-0.2, -0.15) is 5.26 Å². The fourth-order valence-electron chi connectivity index (χ4n) is 3.93. The maximum Gasteiger partial charge on any atom is 0.280 e. The minimum absolute atomic E-state index is 0.217. The van der Waals surface area contributed by atoms with Gasteiger partial charge in [-0.05, 0) is 42.8 Å². The predicted molar refractivity (Wildman–Crippen MR) is 110 cm³/mol. The van der Waals surface area contributed by atoms with Crippen molar-refractivity contribution in [1.29, 1.82) is 5.26 Å². The summed E-state index contributed by atoms with van der Waals surface area (Å²) in [6.07, 6.45) is 4.72. The maximum absolute atomic E-state index is 13.1. The molecule has 2 atom stereocenters. The molecule has 1 amide bonds. The van der Waals surface area contributed by atoms with Crippen LogP contribution in [0.3, 0.4) is 0 Å². The normalized spacial score (nSPS) is 21.6. The minimum Gasteiger partial charge on any atom is -0.457 e. The topological polar surface area (TPSA) is 78.3 Å². The fourth-order valence-corrected chi connectivity index (χ4v) is 4.77. The first-order valence-corrected chi connectivity index (χ1v) is 10.3. The van der Waals surface area contributed by atoms with E-state index in [9.17, 15) is 9.18 Å². The van der Waals surface area contributed by atoms with Gasteiger partial charge in [-0.15, -0.1) is 11.3 Å². The zero-order valence-corrected chi connectivity index (χ0v) is 16.7. The van der Waals surface area contributed by atoms with Gasteiger partial charge in [0.1, 0.15) is 17.3 Å². The highest BCUT2D eigenvalue weighted by atomic mass is 32.1. The SMILES string of the molecule is N#CN1CC2C[C@]2(NC(=O)c2ncc(-c3ccccc3Oc3ccc(F)cc3)s2)C1. The Kier molecular flexibility index (Phi) is 4.40. The van der Waals surface area contributed by atoms with Crippen LogP contribution in [-0.2, 0) is 0 Å². The smallest absolute Gasteiger partial charge is 0.280 e. The number of nitriles is 1. The highest BCUT2D eigenvalue weighted by Gasteiger charge is 2.61. The Bertz CT molecular complexity index is 1160. The molecular formula is C22H17FN4O2S. The lowest BCUT2D eigenvalue weighted by Gasteiger charge is -2.16. The van der Waals surface area contributed by atoms with Gasteiger partial charge in [-0.25, -0.2) is 9.37 Å². The van der Waals surface area contributed by atoms with Crippen LogP contribution in [0.15, 0.2) is 54.7 Å². The van der Waals surface area contributed by atoms with Crippen LogP contribution in [0.5, 0.6) is 11.5 Å². The van der Waals surface area contributed by atoms with Crippen molar-refractivity contribution in [1.82, 2.24) is 15.2 Å². The molecule has 0 bridgehead atoms. The molecule has 2 fully saturated rings. The molecule has 8 heteroatoms. The second-order valence-corrected chi connectivity index (χ2v) is 8.60. The van der Waals surface area contributed by atoms with Gasteiger partial charge < -0.3 is 15.0 Å². The summed E-state index contributed by atoms with van der Waals surface area (Å²) in [6.45, 7) is 1.26. The summed E-state index contributed by atoms with van der Waals surface area (Å²) in [6, 6.07) is 13.3. The quantitative estimate of drug-likeness (QED) is 0.631. The molecule has 3 aromatic rings. The summed E-state index contributed by atoms with van der Waals surface area (Å²) >= 11 is 1.29. The lowest BCUT2D eigenvalue weighted by molar-refractivity contribution is 0.0929. The number of piperidine rings is 1. The minimum atomic E-state index is -0.328. The molecule has 30 heavy (non-hydrogen) atoms. The number of ether oxygens (including phenoxy) is 1. The van der Waals surface area contributed by atoms with Crippen LogP contribution in [0.4, 0.5) is 4.39 Å². The number of nitrogens with one attached hydrogen (secondary N) is 1. The monoisotopic (exact) mass is 420 g/mol. The van der Waals surface area contributed by atoms with Gasteiger partial charge in [-0.1, -0.05) is 12.1 Å². The molecule has 1 saturated heterocycles. The van der Waals surface area contributed by atoms with Gasteiger partial charge in [0.15, 0.2) is 11.2 Å². The largest absolute Gasteiger partial charge is 0.457 e. The average Bonchev–Trinajstić information content (AvgIpc) is 3.10. The van der Waals surface area contributed by atoms with E-state index in [4.69, 9.17) is 10.00 Å². The highest BCUT2D eigenvalue weighted by molar-refractivity contribution is 7.17. The zero-order valence-electron chi connectivity index (χ0n) is 15.8. The van der Waals surface area contributed by atoms with Gasteiger partial charge >= 0.3 is 0 Å². The lowest BCUT2D eigenvalue weighted by Crippen LogP contribution is -2.41. The summed E-state index contributed by atoms with van der Waals surface area (Å²) in [5.74, 6) is 0.914. The number of hydrogen-bond acceptors (Lipinski definition) is 6. The van der Waals surface area contributed by atoms with E-state index in [0.717, 1.165) is 16.9 Å². The zero-order chi connectivity index (χ0) is 20.7. The number of thiazole rings is 1. The van der Waals surface area contributed by atoms with E-state index in [1.165, 1.54) is 23.5 Å². The Labute approximate surface area is 176 Å². The number of benzene rings is 2. The molecule has 0 spiro atoms. The third-order valence-corrected chi connectivity index (χ3v) is 6.57. The number of likely N-dealkylation sites (tertiary alicyclic amines) is 1. The van der Waals surface area contributed by atoms with E-state index >= 15 is 0 Å². The summed E-state index contributed by atoms with van der Waals surface area (Å²) in [5, 5.41) is 12.5. The Morgan fingerprint density at radius 1 is 1.30 bits per heavy atom. The molecule has 1 N–H and O–H groups in total. The summed E-state index contributed by atoms with van der Waals surface area (Å²) < 4.78 is 19.1. The van der Waals surface area contributed by atoms with Crippen molar-refractivity contribution >= 4 is 17.2 Å². The first-order valence-electron chi connectivity index (χ1n) is 9.52. The van der Waals surface area contributed by atoms with Crippen LogP contribution in [0.25, 0.3) is 10.4 Å². The molecular weight excluding hydrogens is 403 g/mol. The number of amides is 1. The Hall–Kier alpha value is -3.44. The standard InChI is InChI=1S/C22H17FN4O2S/c23-15-5-7-16(8-6-15)29-18-4-2-1-3-17(18)19-10-25-21(30-19)20(28)26-22-9-14(22)11-27(12-22)13-24/h1-8,10,14H,9,11-12H2,(H,26,28)/t14?,22-/m0/s1. The van der Waals surface area contributed by atoms with Crippen molar-refractivity contribution in [3.8, 4) is 28.1 Å². The molecule has 1 aromatic heterocycles. The number of aromatic nitrogens is 1. The molecule has 2 heterocycles. The van der Waals surface area contributed by atoms with Crippen molar-refractivity contribution in [2.45, 2.75) is 12.0 Å². The van der Waals surface area contributed by atoms with Crippen LogP contribution in [0.2, 0.25) is 0 Å². The van der Waals surface area contributed by atoms with Crippen LogP contribution >= 0.6 is 11.3 Å². The lowest BCUT2D eigenvalue weighted by atomic mass is 10.2. The Morgan fingerprint density at radius 3 is 2.87 bits per heavy atom. The number of nitrogens with zero attached hydrogens (tertiary/aromatic N) is 3. The molecule has 1 saturated carbocycles. The Morgan fingerprint density at radius 2 is 2.10 bits per heavy atom. The summed E-state index contributed by atoms with van der Waals surface area (Å²) in [7, 11) is 0. The van der Waals surface area contributed by atoms with E-state index in [1.54, 1.807) is 23.2 Å². The molecule has 1 unspecified atom stereocenters. The fraction of sp³-hybridized carbons (Fsp3) is 0.227. The van der Waals surface area contributed by atoms with Gasteiger partial charge in [0, 0.05) is 24.2 Å². The number of halogens is 1. The van der Waals surface area contributed by atoms with Gasteiger partial charge in [0.25, 0.3) is 5.91 Å². The van der Waals surface area contributed by atoms with E-state index < -0.39 is 0 Å². The van der Waals surface area contributed by atoms with Crippen molar-refractivity contribution in [3.05, 3.63) is 65.6 Å². The molecule has 1 aliphatic heterocycles. The first kappa shape index (κ1) is 18.6.